The zero-order valence-electron chi connectivity index (χ0n) is 17.3. The molecule has 6 nitrogen and oxygen atoms in total. The minimum Gasteiger partial charge on any atom is -0.325 e. The molecule has 0 bridgehead atoms. The number of amides is 1. The molecule has 0 saturated heterocycles. The molecule has 0 unspecified atom stereocenters. The van der Waals surface area contributed by atoms with Gasteiger partial charge in [0.05, 0.1) is 32.9 Å². The normalized spacial score (nSPS) is 10.7. The van der Waals surface area contributed by atoms with Crippen molar-refractivity contribution in [3.63, 3.8) is 0 Å². The topological polar surface area (TPSA) is 87.8 Å². The standard InChI is InChI=1S/C24H16ClFN4O2S/c1-14-6-9-17(11-20(14)26)30-23(32)18-4-2-3-5-21(18)29-24(30)33-13-22(31)28-16-8-7-15(12-27)19(25)10-16/h2-11H,13H2,1H3,(H,28,31). The summed E-state index contributed by atoms with van der Waals surface area (Å²) in [6.45, 7) is 1.63. The van der Waals surface area contributed by atoms with Crippen LogP contribution < -0.4 is 10.9 Å². The molecule has 0 aliphatic rings. The highest BCUT2D eigenvalue weighted by molar-refractivity contribution is 7.99. The Kier molecular flexibility index (Phi) is 6.45. The number of nitrogens with one attached hydrogen (secondary N) is 1. The van der Waals surface area contributed by atoms with Gasteiger partial charge in [0.2, 0.25) is 5.91 Å². The van der Waals surface area contributed by atoms with E-state index in [2.05, 4.69) is 10.3 Å². The third kappa shape index (κ3) is 4.75. The van der Waals surface area contributed by atoms with Crippen molar-refractivity contribution in [1.82, 2.24) is 9.55 Å². The van der Waals surface area contributed by atoms with Crippen LogP contribution in [0.5, 0.6) is 0 Å². The summed E-state index contributed by atoms with van der Waals surface area (Å²) in [5.41, 5.74) is 1.64. The van der Waals surface area contributed by atoms with E-state index in [9.17, 15) is 14.0 Å². The first-order chi connectivity index (χ1) is 15.9. The first-order valence-electron chi connectivity index (χ1n) is 9.78. The largest absolute Gasteiger partial charge is 0.325 e. The SMILES string of the molecule is Cc1ccc(-n2c(SCC(=O)Nc3ccc(C#N)c(Cl)c3)nc3ccccc3c2=O)cc1F. The first-order valence-corrected chi connectivity index (χ1v) is 11.1. The lowest BCUT2D eigenvalue weighted by atomic mass is 10.2. The zero-order valence-corrected chi connectivity index (χ0v) is 18.9. The monoisotopic (exact) mass is 478 g/mol. The molecule has 4 aromatic rings. The molecule has 1 amide bonds. The van der Waals surface area contributed by atoms with Gasteiger partial charge in [-0.05, 0) is 55.0 Å². The smallest absolute Gasteiger partial charge is 0.266 e. The number of aromatic nitrogens is 2. The Morgan fingerprint density at radius 2 is 2.00 bits per heavy atom. The Bertz CT molecular complexity index is 1500. The lowest BCUT2D eigenvalue weighted by Crippen LogP contribution is -2.23. The van der Waals surface area contributed by atoms with Gasteiger partial charge in [-0.15, -0.1) is 0 Å². The van der Waals surface area contributed by atoms with Crippen LogP contribution in [0.15, 0.2) is 70.6 Å². The lowest BCUT2D eigenvalue weighted by Gasteiger charge is -2.14. The number of thioether (sulfide) groups is 1. The van der Waals surface area contributed by atoms with Crippen LogP contribution in [0.3, 0.4) is 0 Å². The van der Waals surface area contributed by atoms with E-state index in [1.165, 1.54) is 22.8 Å². The van der Waals surface area contributed by atoms with Gasteiger partial charge in [-0.2, -0.15) is 5.26 Å². The highest BCUT2D eigenvalue weighted by Gasteiger charge is 2.16. The minimum atomic E-state index is -0.445. The van der Waals surface area contributed by atoms with E-state index >= 15 is 0 Å². The number of carbonyl (C=O) groups excluding carboxylic acids is 1. The number of carbonyl (C=O) groups is 1. The van der Waals surface area contributed by atoms with E-state index < -0.39 is 5.82 Å². The summed E-state index contributed by atoms with van der Waals surface area (Å²) >= 11 is 7.07. The number of nitriles is 1. The molecule has 0 aliphatic carbocycles. The Hall–Kier alpha value is -3.67. The second-order valence-corrected chi connectivity index (χ2v) is 8.48. The Labute approximate surface area is 197 Å². The van der Waals surface area contributed by atoms with E-state index in [-0.39, 0.29) is 27.4 Å². The first kappa shape index (κ1) is 22.5. The van der Waals surface area contributed by atoms with Gasteiger partial charge in [-0.3, -0.25) is 14.2 Å². The van der Waals surface area contributed by atoms with E-state index in [1.807, 2.05) is 6.07 Å². The molecule has 0 saturated carbocycles. The summed E-state index contributed by atoms with van der Waals surface area (Å²) in [7, 11) is 0. The molecule has 3 aromatic carbocycles. The zero-order chi connectivity index (χ0) is 23.5. The molecule has 1 N–H and O–H groups in total. The number of aryl methyl sites for hydroxylation is 1. The van der Waals surface area contributed by atoms with E-state index in [1.54, 1.807) is 49.4 Å². The fourth-order valence-corrected chi connectivity index (χ4v) is 4.20. The summed E-state index contributed by atoms with van der Waals surface area (Å²) in [6.07, 6.45) is 0. The molecule has 1 aromatic heterocycles. The molecule has 0 atom stereocenters. The summed E-state index contributed by atoms with van der Waals surface area (Å²) in [5.74, 6) is -0.861. The van der Waals surface area contributed by atoms with Crippen LogP contribution in [0.2, 0.25) is 5.02 Å². The minimum absolute atomic E-state index is 0.0588. The number of halogens is 2. The number of benzene rings is 3. The number of hydrogen-bond donors (Lipinski definition) is 1. The van der Waals surface area contributed by atoms with Crippen LogP contribution in [-0.2, 0) is 4.79 Å². The summed E-state index contributed by atoms with van der Waals surface area (Å²) in [5, 5.41) is 12.5. The number of anilines is 1. The third-order valence-corrected chi connectivity index (χ3v) is 6.12. The number of fused-ring (bicyclic) bond motifs is 1. The molecule has 0 spiro atoms. The molecule has 0 aliphatic heterocycles. The fourth-order valence-electron chi connectivity index (χ4n) is 3.17. The third-order valence-electron chi connectivity index (χ3n) is 4.86. The molecule has 164 valence electrons. The fraction of sp³-hybridized carbons (Fsp3) is 0.0833. The van der Waals surface area contributed by atoms with Gasteiger partial charge in [-0.1, -0.05) is 41.6 Å². The maximum atomic E-state index is 14.2. The van der Waals surface area contributed by atoms with Crippen molar-refractivity contribution in [2.45, 2.75) is 12.1 Å². The molecule has 0 radical (unpaired) electrons. The summed E-state index contributed by atoms with van der Waals surface area (Å²) in [4.78, 5) is 30.3. The summed E-state index contributed by atoms with van der Waals surface area (Å²) < 4.78 is 15.6. The van der Waals surface area contributed by atoms with E-state index in [4.69, 9.17) is 16.9 Å². The van der Waals surface area contributed by atoms with Crippen molar-refractivity contribution < 1.29 is 9.18 Å². The molecule has 33 heavy (non-hydrogen) atoms. The highest BCUT2D eigenvalue weighted by Crippen LogP contribution is 2.24. The predicted molar refractivity (Wildman–Crippen MR) is 128 cm³/mol. The maximum absolute atomic E-state index is 14.2. The molecule has 4 rings (SSSR count). The van der Waals surface area contributed by atoms with Crippen LogP contribution in [-0.4, -0.2) is 21.2 Å². The Balaban J connectivity index is 1.66. The molecule has 1 heterocycles. The van der Waals surface area contributed by atoms with Crippen LogP contribution in [0, 0.1) is 24.1 Å². The molecular weight excluding hydrogens is 463 g/mol. The number of para-hydroxylation sites is 1. The predicted octanol–water partition coefficient (Wildman–Crippen LogP) is 5.09. The van der Waals surface area contributed by atoms with Crippen molar-refractivity contribution in [2.75, 3.05) is 11.1 Å². The lowest BCUT2D eigenvalue weighted by molar-refractivity contribution is -0.113. The number of rotatable bonds is 5. The van der Waals surface area contributed by atoms with Gasteiger partial charge in [-0.25, -0.2) is 9.37 Å². The molecule has 9 heteroatoms. The van der Waals surface area contributed by atoms with Gasteiger partial charge < -0.3 is 5.32 Å². The van der Waals surface area contributed by atoms with Gasteiger partial charge in [0, 0.05) is 5.69 Å². The van der Waals surface area contributed by atoms with Crippen molar-refractivity contribution >= 4 is 45.9 Å². The highest BCUT2D eigenvalue weighted by atomic mass is 35.5. The van der Waals surface area contributed by atoms with Crippen LogP contribution in [0.25, 0.3) is 16.6 Å². The second kappa shape index (κ2) is 9.45. The van der Waals surface area contributed by atoms with Crippen molar-refractivity contribution in [3.05, 3.63) is 93.0 Å². The van der Waals surface area contributed by atoms with Crippen molar-refractivity contribution in [3.8, 4) is 11.8 Å². The molecular formula is C24H16ClFN4O2S. The van der Waals surface area contributed by atoms with Gasteiger partial charge in [0.15, 0.2) is 5.16 Å². The average Bonchev–Trinajstić information content (AvgIpc) is 2.80. The maximum Gasteiger partial charge on any atom is 0.266 e. The van der Waals surface area contributed by atoms with Gasteiger partial charge >= 0.3 is 0 Å². The van der Waals surface area contributed by atoms with Gasteiger partial charge in [0.1, 0.15) is 11.9 Å². The second-order valence-electron chi connectivity index (χ2n) is 7.13. The van der Waals surface area contributed by atoms with E-state index in [0.717, 1.165) is 11.8 Å². The van der Waals surface area contributed by atoms with Crippen LogP contribution in [0.4, 0.5) is 10.1 Å². The van der Waals surface area contributed by atoms with Gasteiger partial charge in [0.25, 0.3) is 5.56 Å². The number of hydrogen-bond acceptors (Lipinski definition) is 5. The van der Waals surface area contributed by atoms with E-state index in [0.29, 0.717) is 33.4 Å². The van der Waals surface area contributed by atoms with Crippen molar-refractivity contribution in [2.24, 2.45) is 0 Å². The van der Waals surface area contributed by atoms with Crippen LogP contribution >= 0.6 is 23.4 Å². The van der Waals surface area contributed by atoms with Crippen molar-refractivity contribution in [1.29, 1.82) is 5.26 Å². The summed E-state index contributed by atoms with van der Waals surface area (Å²) in [6, 6.07) is 17.9. The molecule has 0 fully saturated rings. The Morgan fingerprint density at radius 3 is 2.73 bits per heavy atom. The average molecular weight is 479 g/mol. The number of nitrogens with zero attached hydrogens (tertiary/aromatic N) is 3. The van der Waals surface area contributed by atoms with Crippen LogP contribution in [0.1, 0.15) is 11.1 Å². The quantitative estimate of drug-likeness (QED) is 0.319. The Morgan fingerprint density at radius 1 is 1.21 bits per heavy atom.